The summed E-state index contributed by atoms with van der Waals surface area (Å²) >= 11 is 0. The van der Waals surface area contributed by atoms with E-state index in [2.05, 4.69) is 0 Å². The van der Waals surface area contributed by atoms with Crippen LogP contribution in [0.25, 0.3) is 0 Å². The van der Waals surface area contributed by atoms with Gasteiger partial charge in [0, 0.05) is 18.9 Å². The number of hydrogen-bond acceptors (Lipinski definition) is 1. The van der Waals surface area contributed by atoms with E-state index in [4.69, 9.17) is 5.41 Å². The summed E-state index contributed by atoms with van der Waals surface area (Å²) in [6.45, 7) is 0.695. The second-order valence-corrected chi connectivity index (χ2v) is 3.39. The average Bonchev–Trinajstić information content (AvgIpc) is 2.25. The van der Waals surface area contributed by atoms with Crippen LogP contribution in [-0.2, 0) is 6.54 Å². The minimum absolute atomic E-state index is 0. The van der Waals surface area contributed by atoms with Crippen molar-refractivity contribution in [3.63, 3.8) is 0 Å². The van der Waals surface area contributed by atoms with Gasteiger partial charge in [0.15, 0.2) is 0 Å². The van der Waals surface area contributed by atoms with Crippen molar-refractivity contribution < 1.29 is 4.39 Å². The normalized spacial score (nSPS) is 9.56. The number of aromatic nitrogens is 1. The van der Waals surface area contributed by atoms with Crippen molar-refractivity contribution in [2.75, 3.05) is 0 Å². The van der Waals surface area contributed by atoms with E-state index < -0.39 is 0 Å². The molecular weight excluding hydrogens is 227 g/mol. The van der Waals surface area contributed by atoms with Gasteiger partial charge in [0.1, 0.15) is 5.82 Å². The number of nitrogens with zero attached hydrogens (tertiary/aromatic N) is 1. The Labute approximate surface area is 99.3 Å². The molecule has 0 atom stereocenters. The van der Waals surface area contributed by atoms with Crippen LogP contribution >= 0.6 is 12.4 Å². The molecule has 0 aliphatic heterocycles. The molecule has 2 rings (SSSR count). The van der Waals surface area contributed by atoms with Gasteiger partial charge in [0.05, 0.1) is 5.36 Å². The topological polar surface area (TPSA) is 28.8 Å². The van der Waals surface area contributed by atoms with Crippen LogP contribution in [0.1, 0.15) is 5.56 Å². The van der Waals surface area contributed by atoms with Crippen LogP contribution in [0, 0.1) is 11.2 Å². The molecule has 1 N–H and O–H groups in total. The first-order valence-electron chi connectivity index (χ1n) is 4.69. The number of pyridine rings is 1. The Bertz CT molecular complexity index is 485. The number of rotatable bonds is 2. The zero-order chi connectivity index (χ0) is 10.7. The lowest BCUT2D eigenvalue weighted by Gasteiger charge is -2.05. The average molecular weight is 239 g/mol. The molecule has 0 fully saturated rings. The quantitative estimate of drug-likeness (QED) is 0.833. The second-order valence-electron chi connectivity index (χ2n) is 3.39. The number of hydrogen-bond donors (Lipinski definition) is 1. The van der Waals surface area contributed by atoms with E-state index in [1.807, 2.05) is 17.0 Å². The van der Waals surface area contributed by atoms with Gasteiger partial charge in [-0.2, -0.15) is 0 Å². The molecule has 84 valence electrons. The Hall–Kier alpha value is -1.61. The van der Waals surface area contributed by atoms with E-state index in [0.29, 0.717) is 11.9 Å². The number of halogens is 2. The molecule has 2 aromatic rings. The van der Waals surface area contributed by atoms with Crippen molar-refractivity contribution in [3.8, 4) is 0 Å². The van der Waals surface area contributed by atoms with Gasteiger partial charge < -0.3 is 9.98 Å². The molecule has 0 saturated heterocycles. The molecule has 0 spiro atoms. The highest BCUT2D eigenvalue weighted by Crippen LogP contribution is 2.04. The van der Waals surface area contributed by atoms with Gasteiger partial charge in [-0.3, -0.25) is 0 Å². The third-order valence-corrected chi connectivity index (χ3v) is 2.17. The van der Waals surface area contributed by atoms with Crippen LogP contribution in [0.5, 0.6) is 0 Å². The van der Waals surface area contributed by atoms with Gasteiger partial charge >= 0.3 is 0 Å². The summed E-state index contributed by atoms with van der Waals surface area (Å²) in [5.41, 5.74) is 1.04. The smallest absolute Gasteiger partial charge is 0.123 e. The maximum atomic E-state index is 12.6. The second kappa shape index (κ2) is 5.47. The highest BCUT2D eigenvalue weighted by atomic mass is 35.5. The molecule has 0 unspecified atom stereocenters. The van der Waals surface area contributed by atoms with Gasteiger partial charge in [-0.05, 0) is 29.8 Å². The van der Waals surface area contributed by atoms with Gasteiger partial charge in [-0.15, -0.1) is 12.4 Å². The molecule has 0 radical (unpaired) electrons. The van der Waals surface area contributed by atoms with Gasteiger partial charge in [-0.1, -0.05) is 12.1 Å². The van der Waals surface area contributed by atoms with Crippen molar-refractivity contribution in [1.29, 1.82) is 5.41 Å². The largest absolute Gasteiger partial charge is 0.350 e. The predicted octanol–water partition coefficient (Wildman–Crippen LogP) is 2.58. The molecule has 16 heavy (non-hydrogen) atoms. The molecule has 0 bridgehead atoms. The van der Waals surface area contributed by atoms with E-state index >= 15 is 0 Å². The molecular formula is C12H12ClFN2. The third kappa shape index (κ3) is 3.21. The Balaban J connectivity index is 0.00000128. The summed E-state index contributed by atoms with van der Waals surface area (Å²) in [5.74, 6) is -0.217. The molecule has 4 heteroatoms. The summed E-state index contributed by atoms with van der Waals surface area (Å²) in [6, 6.07) is 9.88. The van der Waals surface area contributed by atoms with Crippen LogP contribution < -0.4 is 5.36 Å². The van der Waals surface area contributed by atoms with E-state index in [1.165, 1.54) is 12.1 Å². The van der Waals surface area contributed by atoms with E-state index in [-0.39, 0.29) is 18.2 Å². The highest BCUT2D eigenvalue weighted by molar-refractivity contribution is 5.85. The molecule has 1 heterocycles. The minimum Gasteiger partial charge on any atom is -0.350 e. The van der Waals surface area contributed by atoms with E-state index in [0.717, 1.165) is 5.56 Å². The molecule has 0 aliphatic rings. The maximum Gasteiger partial charge on any atom is 0.123 e. The summed E-state index contributed by atoms with van der Waals surface area (Å²) in [6.07, 6.45) is 3.68. The van der Waals surface area contributed by atoms with Crippen LogP contribution in [-0.4, -0.2) is 4.57 Å². The Morgan fingerprint density at radius 1 is 1.00 bits per heavy atom. The van der Waals surface area contributed by atoms with Gasteiger partial charge in [0.2, 0.25) is 0 Å². The Kier molecular flexibility index (Phi) is 4.26. The van der Waals surface area contributed by atoms with Crippen LogP contribution in [0.3, 0.4) is 0 Å². The predicted molar refractivity (Wildman–Crippen MR) is 63.0 cm³/mol. The highest BCUT2D eigenvalue weighted by Gasteiger charge is 1.94. The fourth-order valence-electron chi connectivity index (χ4n) is 1.36. The summed E-state index contributed by atoms with van der Waals surface area (Å²) < 4.78 is 14.6. The Morgan fingerprint density at radius 3 is 2.12 bits per heavy atom. The van der Waals surface area contributed by atoms with Crippen molar-refractivity contribution >= 4 is 12.4 Å². The van der Waals surface area contributed by atoms with E-state index in [9.17, 15) is 4.39 Å². The summed E-state index contributed by atoms with van der Waals surface area (Å²) in [4.78, 5) is 0. The molecule has 0 amide bonds. The van der Waals surface area contributed by atoms with Crippen LogP contribution in [0.2, 0.25) is 0 Å². The van der Waals surface area contributed by atoms with Crippen LogP contribution in [0.4, 0.5) is 4.39 Å². The molecule has 2 nitrogen and oxygen atoms in total. The molecule has 0 aliphatic carbocycles. The fraction of sp³-hybridized carbons (Fsp3) is 0.0833. The SMILES string of the molecule is Cl.N=c1ccn(Cc2ccc(F)cc2)cc1. The molecule has 1 aromatic heterocycles. The lowest BCUT2D eigenvalue weighted by atomic mass is 10.2. The zero-order valence-corrected chi connectivity index (χ0v) is 9.38. The van der Waals surface area contributed by atoms with Gasteiger partial charge in [-0.25, -0.2) is 4.39 Å². The first-order chi connectivity index (χ1) is 7.24. The zero-order valence-electron chi connectivity index (χ0n) is 8.56. The third-order valence-electron chi connectivity index (χ3n) is 2.17. The lowest BCUT2D eigenvalue weighted by Crippen LogP contribution is -2.04. The fourth-order valence-corrected chi connectivity index (χ4v) is 1.36. The van der Waals surface area contributed by atoms with Crippen molar-refractivity contribution in [2.45, 2.75) is 6.54 Å². The molecule has 0 saturated carbocycles. The standard InChI is InChI=1S/C12H11FN2.ClH/c13-11-3-1-10(2-4-11)9-15-7-5-12(14)6-8-15;/h1-8,14H,9H2;1H. The maximum absolute atomic E-state index is 12.6. The molecule has 1 aromatic carbocycles. The number of nitrogens with one attached hydrogen (secondary N) is 1. The summed E-state index contributed by atoms with van der Waals surface area (Å²) in [5, 5.41) is 7.83. The van der Waals surface area contributed by atoms with Crippen molar-refractivity contribution in [2.24, 2.45) is 0 Å². The first-order valence-corrected chi connectivity index (χ1v) is 4.69. The Morgan fingerprint density at radius 2 is 1.56 bits per heavy atom. The lowest BCUT2D eigenvalue weighted by molar-refractivity contribution is 0.626. The van der Waals surface area contributed by atoms with Crippen LogP contribution in [0.15, 0.2) is 48.8 Å². The monoisotopic (exact) mass is 238 g/mol. The van der Waals surface area contributed by atoms with Crippen molar-refractivity contribution in [3.05, 3.63) is 65.5 Å². The summed E-state index contributed by atoms with van der Waals surface area (Å²) in [7, 11) is 0. The number of benzene rings is 1. The first kappa shape index (κ1) is 12.5. The van der Waals surface area contributed by atoms with E-state index in [1.54, 1.807) is 24.3 Å². The minimum atomic E-state index is -0.217. The van der Waals surface area contributed by atoms with Crippen molar-refractivity contribution in [1.82, 2.24) is 4.57 Å². The van der Waals surface area contributed by atoms with Gasteiger partial charge in [0.25, 0.3) is 0 Å².